The first-order valence-electron chi connectivity index (χ1n) is 9.06. The van der Waals surface area contributed by atoms with Crippen molar-refractivity contribution in [1.29, 1.82) is 0 Å². The molecule has 5 heteroatoms. The lowest BCUT2D eigenvalue weighted by Gasteiger charge is -2.32. The van der Waals surface area contributed by atoms with Gasteiger partial charge >= 0.3 is 0 Å². The monoisotopic (exact) mass is 349 g/mol. The van der Waals surface area contributed by atoms with Crippen LogP contribution in [-0.2, 0) is 0 Å². The van der Waals surface area contributed by atoms with Crippen LogP contribution in [-0.4, -0.2) is 30.3 Å². The zero-order chi connectivity index (χ0) is 17.9. The van der Waals surface area contributed by atoms with Crippen molar-refractivity contribution < 1.29 is 9.26 Å². The Bertz CT molecular complexity index is 865. The van der Waals surface area contributed by atoms with Crippen molar-refractivity contribution in [2.24, 2.45) is 5.92 Å². The summed E-state index contributed by atoms with van der Waals surface area (Å²) in [4.78, 5) is 6.98. The number of hydrogen-bond donors (Lipinski definition) is 0. The SMILES string of the molecule is COc1cccc(-c2nc(-c3ccc(N4CCC(C)CC4)cc3)no2)c1. The first kappa shape index (κ1) is 16.6. The quantitative estimate of drug-likeness (QED) is 0.686. The van der Waals surface area contributed by atoms with Crippen LogP contribution < -0.4 is 9.64 Å². The second kappa shape index (κ2) is 7.20. The maximum Gasteiger partial charge on any atom is 0.258 e. The van der Waals surface area contributed by atoms with E-state index in [1.54, 1.807) is 7.11 Å². The van der Waals surface area contributed by atoms with Gasteiger partial charge in [-0.2, -0.15) is 4.98 Å². The fraction of sp³-hybridized carbons (Fsp3) is 0.333. The molecule has 0 bridgehead atoms. The van der Waals surface area contributed by atoms with Crippen molar-refractivity contribution >= 4 is 5.69 Å². The lowest BCUT2D eigenvalue weighted by Crippen LogP contribution is -2.32. The van der Waals surface area contributed by atoms with Crippen molar-refractivity contribution in [1.82, 2.24) is 10.1 Å². The second-order valence-corrected chi connectivity index (χ2v) is 6.87. The van der Waals surface area contributed by atoms with Crippen molar-refractivity contribution in [3.8, 4) is 28.6 Å². The Morgan fingerprint density at radius 1 is 1.04 bits per heavy atom. The highest BCUT2D eigenvalue weighted by Gasteiger charge is 2.16. The second-order valence-electron chi connectivity index (χ2n) is 6.87. The average molecular weight is 349 g/mol. The molecule has 1 saturated heterocycles. The predicted molar refractivity (Wildman–Crippen MR) is 102 cm³/mol. The van der Waals surface area contributed by atoms with E-state index < -0.39 is 0 Å². The van der Waals surface area contributed by atoms with Gasteiger partial charge in [-0.1, -0.05) is 18.1 Å². The zero-order valence-corrected chi connectivity index (χ0v) is 15.2. The normalized spacial score (nSPS) is 15.2. The van der Waals surface area contributed by atoms with Gasteiger partial charge in [0, 0.05) is 29.9 Å². The smallest absolute Gasteiger partial charge is 0.258 e. The number of anilines is 1. The molecular formula is C21H23N3O2. The van der Waals surface area contributed by atoms with Gasteiger partial charge < -0.3 is 14.2 Å². The van der Waals surface area contributed by atoms with Gasteiger partial charge in [-0.25, -0.2) is 0 Å². The van der Waals surface area contributed by atoms with Crippen molar-refractivity contribution in [3.05, 3.63) is 48.5 Å². The van der Waals surface area contributed by atoms with Crippen molar-refractivity contribution in [2.45, 2.75) is 19.8 Å². The number of ether oxygens (including phenoxy) is 1. The van der Waals surface area contributed by atoms with Crippen LogP contribution in [0.15, 0.2) is 53.1 Å². The molecule has 2 aromatic carbocycles. The summed E-state index contributed by atoms with van der Waals surface area (Å²) in [5.74, 6) is 2.69. The first-order chi connectivity index (χ1) is 12.7. The molecule has 1 aromatic heterocycles. The summed E-state index contributed by atoms with van der Waals surface area (Å²) < 4.78 is 10.7. The van der Waals surface area contributed by atoms with Crippen LogP contribution in [0.5, 0.6) is 5.75 Å². The van der Waals surface area contributed by atoms with Crippen LogP contribution in [0.3, 0.4) is 0 Å². The van der Waals surface area contributed by atoms with Gasteiger partial charge in [-0.15, -0.1) is 0 Å². The number of nitrogens with zero attached hydrogens (tertiary/aromatic N) is 3. The highest BCUT2D eigenvalue weighted by Crippen LogP contribution is 2.28. The lowest BCUT2D eigenvalue weighted by atomic mass is 9.98. The van der Waals surface area contributed by atoms with Gasteiger partial charge in [0.05, 0.1) is 7.11 Å². The van der Waals surface area contributed by atoms with E-state index >= 15 is 0 Å². The zero-order valence-electron chi connectivity index (χ0n) is 15.2. The van der Waals surface area contributed by atoms with E-state index in [9.17, 15) is 0 Å². The molecule has 2 heterocycles. The molecule has 1 aliphatic heterocycles. The van der Waals surface area contributed by atoms with Crippen LogP contribution in [0.2, 0.25) is 0 Å². The number of methoxy groups -OCH3 is 1. The molecule has 0 spiro atoms. The number of hydrogen-bond acceptors (Lipinski definition) is 5. The fourth-order valence-corrected chi connectivity index (χ4v) is 3.30. The summed E-state index contributed by atoms with van der Waals surface area (Å²) in [6, 6.07) is 16.0. The summed E-state index contributed by atoms with van der Waals surface area (Å²) >= 11 is 0. The summed E-state index contributed by atoms with van der Waals surface area (Å²) in [5.41, 5.74) is 3.07. The van der Waals surface area contributed by atoms with Crippen molar-refractivity contribution in [3.63, 3.8) is 0 Å². The Morgan fingerprint density at radius 3 is 2.54 bits per heavy atom. The van der Waals surface area contributed by atoms with Crippen LogP contribution in [0, 0.1) is 5.92 Å². The first-order valence-corrected chi connectivity index (χ1v) is 9.06. The number of benzene rings is 2. The Labute approximate surface area is 153 Å². The van der Waals surface area contributed by atoms with E-state index in [2.05, 4.69) is 46.2 Å². The summed E-state index contributed by atoms with van der Waals surface area (Å²) in [7, 11) is 1.64. The van der Waals surface area contributed by atoms with Gasteiger partial charge in [-0.05, 0) is 61.2 Å². The maximum absolute atomic E-state index is 5.44. The van der Waals surface area contributed by atoms with Crippen LogP contribution in [0.1, 0.15) is 19.8 Å². The molecule has 134 valence electrons. The fourth-order valence-electron chi connectivity index (χ4n) is 3.30. The van der Waals surface area contributed by atoms with Crippen molar-refractivity contribution in [2.75, 3.05) is 25.1 Å². The molecule has 5 nitrogen and oxygen atoms in total. The predicted octanol–water partition coefficient (Wildman–Crippen LogP) is 4.65. The van der Waals surface area contributed by atoms with E-state index in [-0.39, 0.29) is 0 Å². The summed E-state index contributed by atoms with van der Waals surface area (Å²) in [6.07, 6.45) is 2.52. The molecule has 0 N–H and O–H groups in total. The van der Waals surface area contributed by atoms with Gasteiger partial charge in [0.1, 0.15) is 5.75 Å². The van der Waals surface area contributed by atoms with E-state index in [1.165, 1.54) is 18.5 Å². The molecule has 0 atom stereocenters. The Kier molecular flexibility index (Phi) is 4.61. The van der Waals surface area contributed by atoms with Gasteiger partial charge in [0.15, 0.2) is 0 Å². The van der Waals surface area contributed by atoms with E-state index in [0.29, 0.717) is 11.7 Å². The minimum absolute atomic E-state index is 0.494. The minimum Gasteiger partial charge on any atom is -0.497 e. The molecule has 0 unspecified atom stereocenters. The molecule has 0 amide bonds. The number of aromatic nitrogens is 2. The summed E-state index contributed by atoms with van der Waals surface area (Å²) in [5, 5.41) is 4.13. The topological polar surface area (TPSA) is 51.4 Å². The largest absolute Gasteiger partial charge is 0.497 e. The third kappa shape index (κ3) is 3.43. The summed E-state index contributed by atoms with van der Waals surface area (Å²) in [6.45, 7) is 4.59. The highest BCUT2D eigenvalue weighted by atomic mass is 16.5. The van der Waals surface area contributed by atoms with Gasteiger partial charge in [0.25, 0.3) is 5.89 Å². The van der Waals surface area contributed by atoms with Crippen LogP contribution >= 0.6 is 0 Å². The van der Waals surface area contributed by atoms with E-state index in [0.717, 1.165) is 35.9 Å². The highest BCUT2D eigenvalue weighted by molar-refractivity contribution is 5.63. The molecule has 4 rings (SSSR count). The number of piperidine rings is 1. The molecule has 0 radical (unpaired) electrons. The Morgan fingerprint density at radius 2 is 1.81 bits per heavy atom. The van der Waals surface area contributed by atoms with Gasteiger partial charge in [0.2, 0.25) is 5.82 Å². The standard InChI is InChI=1S/C21H23N3O2/c1-15-10-12-24(13-11-15)18-8-6-16(7-9-18)20-22-21(26-23-20)17-4-3-5-19(14-17)25-2/h3-9,14-15H,10-13H2,1-2H3. The molecule has 0 saturated carbocycles. The molecule has 26 heavy (non-hydrogen) atoms. The number of rotatable bonds is 4. The Balaban J connectivity index is 1.52. The van der Waals surface area contributed by atoms with Gasteiger partial charge in [-0.3, -0.25) is 0 Å². The third-order valence-corrected chi connectivity index (χ3v) is 5.02. The molecule has 1 aliphatic rings. The van der Waals surface area contributed by atoms with E-state index in [4.69, 9.17) is 9.26 Å². The van der Waals surface area contributed by atoms with Crippen LogP contribution in [0.25, 0.3) is 22.8 Å². The molecule has 0 aliphatic carbocycles. The van der Waals surface area contributed by atoms with E-state index in [1.807, 2.05) is 24.3 Å². The average Bonchev–Trinajstić information content (AvgIpc) is 3.19. The minimum atomic E-state index is 0.494. The molecule has 3 aromatic rings. The molecular weight excluding hydrogens is 326 g/mol. The Hall–Kier alpha value is -2.82. The van der Waals surface area contributed by atoms with Crippen LogP contribution in [0.4, 0.5) is 5.69 Å². The maximum atomic E-state index is 5.44. The molecule has 1 fully saturated rings. The third-order valence-electron chi connectivity index (χ3n) is 5.02. The lowest BCUT2D eigenvalue weighted by molar-refractivity contribution is 0.413.